The molecule has 0 amide bonds. The molecule has 0 N–H and O–H groups in total. The van der Waals surface area contributed by atoms with E-state index in [-0.39, 0.29) is 16.8 Å². The fourth-order valence-electron chi connectivity index (χ4n) is 2.16. The summed E-state index contributed by atoms with van der Waals surface area (Å²) in [5, 5.41) is 0.697. The largest absolute Gasteiger partial charge is 0.207 e. The molecule has 0 fully saturated rings. The molecule has 0 aromatic heterocycles. The van der Waals surface area contributed by atoms with Crippen LogP contribution in [-0.4, -0.2) is 0 Å². The van der Waals surface area contributed by atoms with E-state index in [1.165, 1.54) is 18.2 Å². The van der Waals surface area contributed by atoms with Gasteiger partial charge in [-0.25, -0.2) is 8.78 Å². The molecule has 2 rings (SSSR count). The monoisotopic (exact) mass is 358 g/mol. The third kappa shape index (κ3) is 3.21. The first kappa shape index (κ1) is 15.5. The van der Waals surface area contributed by atoms with Gasteiger partial charge in [-0.3, -0.25) is 0 Å². The molecule has 0 saturated heterocycles. The maximum absolute atomic E-state index is 13.7. The zero-order valence-electron chi connectivity index (χ0n) is 11.2. The molecule has 0 saturated carbocycles. The van der Waals surface area contributed by atoms with Gasteiger partial charge in [-0.05, 0) is 55.2 Å². The van der Waals surface area contributed by atoms with Crippen LogP contribution in [0.4, 0.5) is 8.78 Å². The topological polar surface area (TPSA) is 0 Å². The lowest BCUT2D eigenvalue weighted by Gasteiger charge is -2.16. The molecule has 0 bridgehead atoms. The number of alkyl halides is 1. The third-order valence-electron chi connectivity index (χ3n) is 3.33. The Morgan fingerprint density at radius 2 is 1.70 bits per heavy atom. The first-order valence-electron chi connectivity index (χ1n) is 6.23. The van der Waals surface area contributed by atoms with Gasteiger partial charge < -0.3 is 0 Å². The fraction of sp³-hybridized carbons (Fsp3) is 0.250. The molecular weight excluding hydrogens is 346 g/mol. The zero-order chi connectivity index (χ0) is 14.9. The highest BCUT2D eigenvalue weighted by Gasteiger charge is 2.17. The minimum atomic E-state index is -0.516. The van der Waals surface area contributed by atoms with Crippen LogP contribution < -0.4 is 0 Å². The van der Waals surface area contributed by atoms with Crippen molar-refractivity contribution in [2.75, 3.05) is 0 Å². The quantitative estimate of drug-likeness (QED) is 0.597. The van der Waals surface area contributed by atoms with Gasteiger partial charge >= 0.3 is 0 Å². The van der Waals surface area contributed by atoms with Crippen molar-refractivity contribution in [2.45, 2.75) is 25.1 Å². The molecule has 0 spiro atoms. The smallest absolute Gasteiger partial charge is 0.129 e. The molecule has 1 unspecified atom stereocenters. The predicted octanol–water partition coefficient (Wildman–Crippen LogP) is 5.91. The Balaban J connectivity index is 2.33. The minimum absolute atomic E-state index is 0.0985. The lowest BCUT2D eigenvalue weighted by molar-refractivity contribution is 0.554. The van der Waals surface area contributed by atoms with E-state index in [0.29, 0.717) is 5.02 Å². The standard InChI is InChI=1S/C16H14BrClF2/c1-9-7-14(18)10(2)6-11(9)13(17)8-12-15(19)4-3-5-16(12)20/h3-7,13H,8H2,1-2H3. The van der Waals surface area contributed by atoms with Crippen LogP contribution in [-0.2, 0) is 6.42 Å². The van der Waals surface area contributed by atoms with E-state index in [1.54, 1.807) is 0 Å². The van der Waals surface area contributed by atoms with Crippen molar-refractivity contribution in [2.24, 2.45) is 0 Å². The minimum Gasteiger partial charge on any atom is -0.207 e. The second kappa shape index (κ2) is 6.23. The maximum Gasteiger partial charge on any atom is 0.129 e. The summed E-state index contributed by atoms with van der Waals surface area (Å²) in [5.74, 6) is -1.03. The summed E-state index contributed by atoms with van der Waals surface area (Å²) in [4.78, 5) is -0.162. The number of rotatable bonds is 3. The highest BCUT2D eigenvalue weighted by Crippen LogP contribution is 2.33. The Labute approximate surface area is 130 Å². The average molecular weight is 360 g/mol. The van der Waals surface area contributed by atoms with Crippen LogP contribution in [0.3, 0.4) is 0 Å². The van der Waals surface area contributed by atoms with E-state index in [1.807, 2.05) is 26.0 Å². The molecule has 0 aliphatic heterocycles. The summed E-state index contributed by atoms with van der Waals surface area (Å²) in [6.07, 6.45) is 0.250. The molecule has 1 atom stereocenters. The molecule has 20 heavy (non-hydrogen) atoms. The van der Waals surface area contributed by atoms with Gasteiger partial charge in [0.1, 0.15) is 11.6 Å². The molecule has 0 heterocycles. The summed E-state index contributed by atoms with van der Waals surface area (Å²) < 4.78 is 27.4. The molecule has 0 aliphatic rings. The molecule has 0 aliphatic carbocycles. The van der Waals surface area contributed by atoms with Crippen molar-refractivity contribution in [3.05, 3.63) is 69.2 Å². The molecule has 0 nitrogen and oxygen atoms in total. The summed E-state index contributed by atoms with van der Waals surface area (Å²) in [7, 11) is 0. The van der Waals surface area contributed by atoms with Crippen molar-refractivity contribution in [1.82, 2.24) is 0 Å². The summed E-state index contributed by atoms with van der Waals surface area (Å²) in [6.45, 7) is 3.85. The number of halogens is 4. The summed E-state index contributed by atoms with van der Waals surface area (Å²) >= 11 is 9.59. The van der Waals surface area contributed by atoms with Crippen LogP contribution in [0, 0.1) is 25.5 Å². The highest BCUT2D eigenvalue weighted by molar-refractivity contribution is 9.09. The normalized spacial score (nSPS) is 12.5. The Morgan fingerprint density at radius 3 is 2.30 bits per heavy atom. The second-order valence-electron chi connectivity index (χ2n) is 4.83. The molecule has 4 heteroatoms. The highest BCUT2D eigenvalue weighted by atomic mass is 79.9. The van der Waals surface area contributed by atoms with Gasteiger partial charge in [0.2, 0.25) is 0 Å². The van der Waals surface area contributed by atoms with E-state index in [0.717, 1.165) is 16.7 Å². The van der Waals surface area contributed by atoms with Crippen LogP contribution in [0.25, 0.3) is 0 Å². The van der Waals surface area contributed by atoms with Crippen LogP contribution in [0.5, 0.6) is 0 Å². The zero-order valence-corrected chi connectivity index (χ0v) is 13.5. The van der Waals surface area contributed by atoms with Crippen LogP contribution in [0.1, 0.15) is 27.1 Å². The van der Waals surface area contributed by atoms with Gasteiger partial charge in [-0.1, -0.05) is 39.7 Å². The predicted molar refractivity (Wildman–Crippen MR) is 82.7 cm³/mol. The third-order valence-corrected chi connectivity index (χ3v) is 4.55. The van der Waals surface area contributed by atoms with Gasteiger partial charge in [-0.15, -0.1) is 0 Å². The molecule has 106 valence electrons. The van der Waals surface area contributed by atoms with Gasteiger partial charge in [-0.2, -0.15) is 0 Å². The lowest BCUT2D eigenvalue weighted by Crippen LogP contribution is -2.03. The van der Waals surface area contributed by atoms with E-state index in [9.17, 15) is 8.78 Å². The Morgan fingerprint density at radius 1 is 1.10 bits per heavy atom. The summed E-state index contributed by atoms with van der Waals surface area (Å²) in [5.41, 5.74) is 3.04. The van der Waals surface area contributed by atoms with Gasteiger partial charge in [0.25, 0.3) is 0 Å². The number of benzene rings is 2. The van der Waals surface area contributed by atoms with Gasteiger partial charge in [0.05, 0.1) is 0 Å². The van der Waals surface area contributed by atoms with Crippen molar-refractivity contribution < 1.29 is 8.78 Å². The van der Waals surface area contributed by atoms with Crippen LogP contribution >= 0.6 is 27.5 Å². The first-order chi connectivity index (χ1) is 9.40. The van der Waals surface area contributed by atoms with Crippen molar-refractivity contribution in [3.8, 4) is 0 Å². The number of hydrogen-bond donors (Lipinski definition) is 0. The summed E-state index contributed by atoms with van der Waals surface area (Å²) in [6, 6.07) is 7.75. The van der Waals surface area contributed by atoms with Gasteiger partial charge in [0, 0.05) is 15.4 Å². The van der Waals surface area contributed by atoms with E-state index >= 15 is 0 Å². The Kier molecular flexibility index (Phi) is 4.82. The fourth-order valence-corrected chi connectivity index (χ4v) is 3.19. The number of hydrogen-bond acceptors (Lipinski definition) is 0. The maximum atomic E-state index is 13.7. The van der Waals surface area contributed by atoms with Crippen LogP contribution in [0.2, 0.25) is 5.02 Å². The average Bonchev–Trinajstić information content (AvgIpc) is 2.38. The second-order valence-corrected chi connectivity index (χ2v) is 6.34. The Bertz CT molecular complexity index is 620. The molecule has 0 radical (unpaired) electrons. The van der Waals surface area contributed by atoms with E-state index < -0.39 is 11.6 Å². The molecular formula is C16H14BrClF2. The Hall–Kier alpha value is -0.930. The number of aryl methyl sites for hydroxylation is 2. The van der Waals surface area contributed by atoms with Crippen molar-refractivity contribution in [1.29, 1.82) is 0 Å². The van der Waals surface area contributed by atoms with Crippen molar-refractivity contribution >= 4 is 27.5 Å². The van der Waals surface area contributed by atoms with Gasteiger partial charge in [0.15, 0.2) is 0 Å². The van der Waals surface area contributed by atoms with Crippen LogP contribution in [0.15, 0.2) is 30.3 Å². The first-order valence-corrected chi connectivity index (χ1v) is 7.53. The molecule has 2 aromatic carbocycles. The molecule has 2 aromatic rings. The lowest BCUT2D eigenvalue weighted by atomic mass is 9.98. The SMILES string of the molecule is Cc1cc(C(Br)Cc2c(F)cccc2F)c(C)cc1Cl. The van der Waals surface area contributed by atoms with E-state index in [4.69, 9.17) is 11.6 Å². The van der Waals surface area contributed by atoms with E-state index in [2.05, 4.69) is 15.9 Å². The van der Waals surface area contributed by atoms with Crippen molar-refractivity contribution in [3.63, 3.8) is 0 Å².